The van der Waals surface area contributed by atoms with E-state index in [2.05, 4.69) is 15.5 Å². The van der Waals surface area contributed by atoms with Gasteiger partial charge in [-0.05, 0) is 50.4 Å². The number of aryl methyl sites for hydroxylation is 1. The molecule has 5 N–H and O–H groups in total. The van der Waals surface area contributed by atoms with Crippen molar-refractivity contribution in [2.75, 3.05) is 31.6 Å². The zero-order valence-electron chi connectivity index (χ0n) is 14.8. The summed E-state index contributed by atoms with van der Waals surface area (Å²) < 4.78 is 0. The number of primary amides is 1. The van der Waals surface area contributed by atoms with Crippen LogP contribution in [0.15, 0.2) is 18.2 Å². The molecule has 1 atom stereocenters. The van der Waals surface area contributed by atoms with E-state index >= 15 is 0 Å². The molecule has 1 aliphatic heterocycles. The average Bonchev–Trinajstić information content (AvgIpc) is 2.60. The molecule has 0 aromatic heterocycles. The van der Waals surface area contributed by atoms with Crippen molar-refractivity contribution in [2.45, 2.75) is 38.6 Å². The van der Waals surface area contributed by atoms with Gasteiger partial charge in [0.2, 0.25) is 5.91 Å². The Bertz CT molecular complexity index is 606. The highest BCUT2D eigenvalue weighted by atomic mass is 16.3. The number of nitrogens with one attached hydrogen (secondary N) is 2. The molecule has 1 fully saturated rings. The van der Waals surface area contributed by atoms with Crippen LogP contribution in [0, 0.1) is 6.92 Å². The molecule has 7 nitrogen and oxygen atoms in total. The fourth-order valence-electron chi connectivity index (χ4n) is 3.12. The van der Waals surface area contributed by atoms with Crippen LogP contribution in [0.1, 0.15) is 41.6 Å². The molecule has 1 aromatic rings. The highest BCUT2D eigenvalue weighted by Gasteiger charge is 2.20. The van der Waals surface area contributed by atoms with E-state index < -0.39 is 5.91 Å². The van der Waals surface area contributed by atoms with Gasteiger partial charge in [-0.25, -0.2) is 4.79 Å². The Hall–Kier alpha value is -2.12. The molecule has 0 bridgehead atoms. The first kappa shape index (κ1) is 19.2. The molecule has 0 aliphatic carbocycles. The number of hydrogen-bond acceptors (Lipinski definition) is 4. The van der Waals surface area contributed by atoms with Crippen LogP contribution in [-0.2, 0) is 0 Å². The number of nitrogens with two attached hydrogens (primary N) is 1. The van der Waals surface area contributed by atoms with E-state index in [4.69, 9.17) is 5.73 Å². The predicted molar refractivity (Wildman–Crippen MR) is 97.6 cm³/mol. The van der Waals surface area contributed by atoms with E-state index in [0.717, 1.165) is 31.5 Å². The van der Waals surface area contributed by atoms with Gasteiger partial charge in [-0.3, -0.25) is 9.69 Å². The molecule has 0 spiro atoms. The maximum atomic E-state index is 12.0. The lowest BCUT2D eigenvalue weighted by atomic mass is 10.0. The standard InChI is InChI=1S/C18H28N4O3/c1-13-6-7-14(17(19)24)11-16(13)21-18(25)20-8-4-10-22-9-3-2-5-15(22)12-23/h6-7,11,15,23H,2-5,8-10,12H2,1H3,(H2,19,24)(H2,20,21,25)/t15-/m0/s1. The number of amides is 3. The third-order valence-electron chi connectivity index (χ3n) is 4.64. The monoisotopic (exact) mass is 348 g/mol. The average molecular weight is 348 g/mol. The van der Waals surface area contributed by atoms with Gasteiger partial charge < -0.3 is 21.5 Å². The van der Waals surface area contributed by atoms with Crippen molar-refractivity contribution >= 4 is 17.6 Å². The van der Waals surface area contributed by atoms with Crippen LogP contribution in [-0.4, -0.2) is 54.2 Å². The van der Waals surface area contributed by atoms with Gasteiger partial charge in [-0.15, -0.1) is 0 Å². The molecular weight excluding hydrogens is 320 g/mol. The van der Waals surface area contributed by atoms with E-state index in [-0.39, 0.29) is 18.7 Å². The summed E-state index contributed by atoms with van der Waals surface area (Å²) in [5, 5.41) is 15.0. The fourth-order valence-corrected chi connectivity index (χ4v) is 3.12. The third kappa shape index (κ3) is 5.72. The Morgan fingerprint density at radius 2 is 2.16 bits per heavy atom. The minimum Gasteiger partial charge on any atom is -0.395 e. The SMILES string of the molecule is Cc1ccc(C(N)=O)cc1NC(=O)NCCCN1CCCC[C@H]1CO. The van der Waals surface area contributed by atoms with Crippen molar-refractivity contribution in [3.8, 4) is 0 Å². The van der Waals surface area contributed by atoms with E-state index in [1.807, 2.05) is 6.92 Å². The van der Waals surface area contributed by atoms with Crippen LogP contribution in [0.4, 0.5) is 10.5 Å². The van der Waals surface area contributed by atoms with Crippen LogP contribution < -0.4 is 16.4 Å². The number of hydrogen-bond donors (Lipinski definition) is 4. The summed E-state index contributed by atoms with van der Waals surface area (Å²) >= 11 is 0. The lowest BCUT2D eigenvalue weighted by molar-refractivity contribution is 0.0894. The second-order valence-corrected chi connectivity index (χ2v) is 6.50. The number of rotatable bonds is 7. The van der Waals surface area contributed by atoms with Crippen LogP contribution in [0.25, 0.3) is 0 Å². The van der Waals surface area contributed by atoms with Crippen LogP contribution in [0.5, 0.6) is 0 Å². The quantitative estimate of drug-likeness (QED) is 0.559. The molecule has 0 saturated carbocycles. The molecule has 138 valence electrons. The first-order valence-corrected chi connectivity index (χ1v) is 8.81. The molecule has 0 radical (unpaired) electrons. The molecule has 1 aromatic carbocycles. The molecule has 1 aliphatic rings. The van der Waals surface area contributed by atoms with Gasteiger partial charge in [0, 0.05) is 30.4 Å². The van der Waals surface area contributed by atoms with E-state index in [9.17, 15) is 14.7 Å². The second kappa shape index (κ2) is 9.39. The molecule has 1 heterocycles. The molecule has 2 rings (SSSR count). The van der Waals surface area contributed by atoms with Crippen molar-refractivity contribution in [2.24, 2.45) is 5.73 Å². The number of piperidine rings is 1. The summed E-state index contributed by atoms with van der Waals surface area (Å²) in [6.45, 7) is 4.47. The topological polar surface area (TPSA) is 108 Å². The highest BCUT2D eigenvalue weighted by Crippen LogP contribution is 2.17. The van der Waals surface area contributed by atoms with Crippen molar-refractivity contribution in [1.82, 2.24) is 10.2 Å². The van der Waals surface area contributed by atoms with E-state index in [1.54, 1.807) is 18.2 Å². The van der Waals surface area contributed by atoms with Gasteiger partial charge in [0.1, 0.15) is 0 Å². The normalized spacial score (nSPS) is 17.9. The number of carbonyl (C=O) groups excluding carboxylic acids is 2. The van der Waals surface area contributed by atoms with Crippen LogP contribution >= 0.6 is 0 Å². The van der Waals surface area contributed by atoms with Crippen LogP contribution in [0.3, 0.4) is 0 Å². The molecule has 25 heavy (non-hydrogen) atoms. The summed E-state index contributed by atoms with van der Waals surface area (Å²) in [6.07, 6.45) is 4.20. The second-order valence-electron chi connectivity index (χ2n) is 6.50. The first-order valence-electron chi connectivity index (χ1n) is 8.81. The molecule has 3 amide bonds. The zero-order chi connectivity index (χ0) is 18.2. The summed E-state index contributed by atoms with van der Waals surface area (Å²) in [5.74, 6) is -0.525. The van der Waals surface area contributed by atoms with Gasteiger partial charge in [0.05, 0.1) is 6.61 Å². The number of likely N-dealkylation sites (tertiary alicyclic amines) is 1. The van der Waals surface area contributed by atoms with Gasteiger partial charge in [0.25, 0.3) is 0 Å². The zero-order valence-corrected chi connectivity index (χ0v) is 14.8. The Balaban J connectivity index is 1.75. The predicted octanol–water partition coefficient (Wildman–Crippen LogP) is 1.45. The lowest BCUT2D eigenvalue weighted by Crippen LogP contribution is -2.43. The Morgan fingerprint density at radius 1 is 1.36 bits per heavy atom. The maximum Gasteiger partial charge on any atom is 0.319 e. The van der Waals surface area contributed by atoms with Crippen molar-refractivity contribution in [3.63, 3.8) is 0 Å². The molecule has 0 unspecified atom stereocenters. The number of benzene rings is 1. The Kier molecular flexibility index (Phi) is 7.21. The van der Waals surface area contributed by atoms with Crippen molar-refractivity contribution in [1.29, 1.82) is 0 Å². The number of aliphatic hydroxyl groups is 1. The first-order chi connectivity index (χ1) is 12.0. The van der Waals surface area contributed by atoms with Gasteiger partial charge >= 0.3 is 6.03 Å². The summed E-state index contributed by atoms with van der Waals surface area (Å²) in [6, 6.07) is 4.92. The summed E-state index contributed by atoms with van der Waals surface area (Å²) in [4.78, 5) is 25.6. The largest absolute Gasteiger partial charge is 0.395 e. The fraction of sp³-hybridized carbons (Fsp3) is 0.556. The number of urea groups is 1. The van der Waals surface area contributed by atoms with Gasteiger partial charge in [-0.1, -0.05) is 12.5 Å². The van der Waals surface area contributed by atoms with E-state index in [0.29, 0.717) is 17.8 Å². The minimum atomic E-state index is -0.525. The lowest BCUT2D eigenvalue weighted by Gasteiger charge is -2.34. The number of anilines is 1. The number of carbonyl (C=O) groups is 2. The third-order valence-corrected chi connectivity index (χ3v) is 4.64. The molecule has 1 saturated heterocycles. The van der Waals surface area contributed by atoms with Gasteiger partial charge in [-0.2, -0.15) is 0 Å². The Labute approximate surface area is 148 Å². The Morgan fingerprint density at radius 3 is 2.88 bits per heavy atom. The van der Waals surface area contributed by atoms with Crippen LogP contribution in [0.2, 0.25) is 0 Å². The number of aliphatic hydroxyl groups excluding tert-OH is 1. The minimum absolute atomic E-state index is 0.198. The van der Waals surface area contributed by atoms with Crippen molar-refractivity contribution < 1.29 is 14.7 Å². The highest BCUT2D eigenvalue weighted by molar-refractivity contribution is 5.96. The van der Waals surface area contributed by atoms with E-state index in [1.165, 1.54) is 12.8 Å². The molecular formula is C18H28N4O3. The molecule has 7 heteroatoms. The maximum absolute atomic E-state index is 12.0. The van der Waals surface area contributed by atoms with Gasteiger partial charge in [0.15, 0.2) is 0 Å². The summed E-state index contributed by atoms with van der Waals surface area (Å²) in [5.41, 5.74) is 7.06. The van der Waals surface area contributed by atoms with Crippen molar-refractivity contribution in [3.05, 3.63) is 29.3 Å². The summed E-state index contributed by atoms with van der Waals surface area (Å²) in [7, 11) is 0. The number of nitrogens with zero attached hydrogens (tertiary/aromatic N) is 1. The smallest absolute Gasteiger partial charge is 0.319 e.